The van der Waals surface area contributed by atoms with Crippen molar-refractivity contribution in [3.8, 4) is 10.6 Å². The van der Waals surface area contributed by atoms with E-state index < -0.39 is 19.8 Å². The molecule has 1 unspecified atom stereocenters. The molecule has 1 aliphatic carbocycles. The second kappa shape index (κ2) is 6.40. The molecule has 2 aromatic rings. The molecule has 0 bridgehead atoms. The molecule has 1 saturated carbocycles. The van der Waals surface area contributed by atoms with Crippen LogP contribution in [-0.4, -0.2) is 10.5 Å². The number of Topliss-reactive ketones (excluding diaryl/α,β-unsaturated/α-hetero) is 1. The number of hydrogen-bond acceptors (Lipinski definition) is 3. The predicted octanol–water partition coefficient (Wildman–Crippen LogP) is 5.93. The molecule has 1 fully saturated rings. The molecule has 0 N–H and O–H groups in total. The van der Waals surface area contributed by atoms with Crippen LogP contribution in [0.2, 0.25) is 0 Å². The first kappa shape index (κ1) is 16.7. The number of nitrogens with zero attached hydrogens (tertiary/aromatic N) is 1. The fourth-order valence-corrected chi connectivity index (χ4v) is 5.15. The van der Waals surface area contributed by atoms with Crippen molar-refractivity contribution in [2.75, 3.05) is 0 Å². The number of thiophene rings is 1. The summed E-state index contributed by atoms with van der Waals surface area (Å²) in [6, 6.07) is 3.47. The van der Waals surface area contributed by atoms with E-state index in [0.717, 1.165) is 25.7 Å². The standard InChI is InChI=1S/C16H17F3NOPS/c1-9-13(20-22-15(9)16(17,18)19)11-7-8-12(23-11)14(21)10-5-3-2-4-6-10/h7-8,10,22H,2-6H2,1H3. The van der Waals surface area contributed by atoms with Gasteiger partial charge in [-0.3, -0.25) is 4.79 Å². The van der Waals surface area contributed by atoms with Gasteiger partial charge in [0.1, 0.15) is 0 Å². The third-order valence-corrected chi connectivity index (χ3v) is 6.68. The van der Waals surface area contributed by atoms with Crippen LogP contribution < -0.4 is 0 Å². The van der Waals surface area contributed by atoms with Gasteiger partial charge >= 0.3 is 6.18 Å². The molecule has 0 spiro atoms. The van der Waals surface area contributed by atoms with Gasteiger partial charge in [0.15, 0.2) is 5.78 Å². The van der Waals surface area contributed by atoms with Gasteiger partial charge in [-0.05, 0) is 45.8 Å². The summed E-state index contributed by atoms with van der Waals surface area (Å²) in [7, 11) is -0.590. The molecule has 2 heterocycles. The van der Waals surface area contributed by atoms with Crippen molar-refractivity contribution in [3.63, 3.8) is 0 Å². The van der Waals surface area contributed by atoms with E-state index in [4.69, 9.17) is 0 Å². The molecule has 0 aromatic carbocycles. The Kier molecular flexibility index (Phi) is 4.65. The maximum absolute atomic E-state index is 12.9. The van der Waals surface area contributed by atoms with Crippen LogP contribution in [0.4, 0.5) is 13.2 Å². The topological polar surface area (TPSA) is 30.0 Å². The summed E-state index contributed by atoms with van der Waals surface area (Å²) < 4.78 is 42.8. The third-order valence-electron chi connectivity index (χ3n) is 4.35. The number of hydrogen-bond donors (Lipinski definition) is 0. The molecule has 7 heteroatoms. The van der Waals surface area contributed by atoms with E-state index in [-0.39, 0.29) is 17.3 Å². The van der Waals surface area contributed by atoms with Crippen LogP contribution in [0.25, 0.3) is 10.6 Å². The summed E-state index contributed by atoms with van der Waals surface area (Å²) >= 11 is 1.27. The predicted molar refractivity (Wildman–Crippen MR) is 87.7 cm³/mol. The van der Waals surface area contributed by atoms with Crippen LogP contribution in [0.5, 0.6) is 0 Å². The van der Waals surface area contributed by atoms with Gasteiger partial charge in [-0.25, -0.2) is 4.75 Å². The third kappa shape index (κ3) is 3.38. The van der Waals surface area contributed by atoms with E-state index in [9.17, 15) is 18.0 Å². The first-order chi connectivity index (χ1) is 10.9. The lowest BCUT2D eigenvalue weighted by atomic mass is 9.86. The Morgan fingerprint density at radius 1 is 1.26 bits per heavy atom. The zero-order valence-electron chi connectivity index (χ0n) is 12.7. The summed E-state index contributed by atoms with van der Waals surface area (Å²) in [5.41, 5.74) is 0.581. The number of rotatable bonds is 3. The fourth-order valence-electron chi connectivity index (χ4n) is 3.08. The average Bonchev–Trinajstić information content (AvgIpc) is 3.13. The van der Waals surface area contributed by atoms with Crippen molar-refractivity contribution >= 4 is 25.5 Å². The van der Waals surface area contributed by atoms with Crippen molar-refractivity contribution in [1.82, 2.24) is 4.75 Å². The SMILES string of the molecule is Cc1c(-c2ccc(C(=O)C3CCCCC3)s2)n[pH]c1C(F)(F)F. The van der Waals surface area contributed by atoms with Gasteiger partial charge in [0.2, 0.25) is 0 Å². The van der Waals surface area contributed by atoms with Crippen molar-refractivity contribution in [2.24, 2.45) is 5.92 Å². The second-order valence-electron chi connectivity index (χ2n) is 5.93. The fraction of sp³-hybridized carbons (Fsp3) is 0.500. The molecule has 0 amide bonds. The number of ketones is 1. The molecular weight excluding hydrogens is 342 g/mol. The molecule has 0 saturated heterocycles. The van der Waals surface area contributed by atoms with E-state index in [1.807, 2.05) is 0 Å². The van der Waals surface area contributed by atoms with Crippen molar-refractivity contribution in [1.29, 1.82) is 0 Å². The lowest BCUT2D eigenvalue weighted by Gasteiger charge is -2.19. The normalized spacial score (nSPS) is 17.0. The molecule has 2 nitrogen and oxygen atoms in total. The Hall–Kier alpha value is -1.13. The number of aromatic nitrogens is 1. The lowest BCUT2D eigenvalue weighted by molar-refractivity contribution is -0.134. The molecule has 0 radical (unpaired) electrons. The molecular formula is C16H17F3NOPS. The van der Waals surface area contributed by atoms with Gasteiger partial charge in [-0.1, -0.05) is 19.3 Å². The molecule has 124 valence electrons. The summed E-state index contributed by atoms with van der Waals surface area (Å²) in [5.74, 6) is 0.213. The van der Waals surface area contributed by atoms with Crippen LogP contribution in [0.15, 0.2) is 12.1 Å². The lowest BCUT2D eigenvalue weighted by Crippen LogP contribution is -2.16. The van der Waals surface area contributed by atoms with E-state index in [1.54, 1.807) is 12.1 Å². The minimum absolute atomic E-state index is 0.0741. The highest BCUT2D eigenvalue weighted by Gasteiger charge is 2.35. The Bertz CT molecular complexity index is 713. The van der Waals surface area contributed by atoms with Crippen LogP contribution in [0.1, 0.15) is 52.6 Å². The molecule has 23 heavy (non-hydrogen) atoms. The van der Waals surface area contributed by atoms with Crippen LogP contribution in [0.3, 0.4) is 0 Å². The highest BCUT2D eigenvalue weighted by molar-refractivity contribution is 7.27. The summed E-state index contributed by atoms with van der Waals surface area (Å²) in [6.45, 7) is 1.46. The summed E-state index contributed by atoms with van der Waals surface area (Å²) in [5, 5.41) is -0.555. The first-order valence-electron chi connectivity index (χ1n) is 7.64. The highest BCUT2D eigenvalue weighted by atomic mass is 32.1. The van der Waals surface area contributed by atoms with Crippen LogP contribution in [-0.2, 0) is 6.18 Å². The maximum atomic E-state index is 12.9. The van der Waals surface area contributed by atoms with E-state index >= 15 is 0 Å². The van der Waals surface area contributed by atoms with Crippen molar-refractivity contribution < 1.29 is 18.0 Å². The van der Waals surface area contributed by atoms with Gasteiger partial charge in [-0.15, -0.1) is 11.3 Å². The quantitative estimate of drug-likeness (QED) is 0.636. The van der Waals surface area contributed by atoms with Gasteiger partial charge in [0.05, 0.1) is 20.7 Å². The molecule has 3 rings (SSSR count). The van der Waals surface area contributed by atoms with Gasteiger partial charge < -0.3 is 0 Å². The maximum Gasteiger partial charge on any atom is 0.421 e. The van der Waals surface area contributed by atoms with Crippen LogP contribution in [0, 0.1) is 12.8 Å². The van der Waals surface area contributed by atoms with Gasteiger partial charge in [0.25, 0.3) is 0 Å². The van der Waals surface area contributed by atoms with E-state index in [0.29, 0.717) is 15.4 Å². The Morgan fingerprint density at radius 2 is 1.96 bits per heavy atom. The van der Waals surface area contributed by atoms with E-state index in [1.165, 1.54) is 24.7 Å². The molecule has 1 atom stereocenters. The number of alkyl halides is 3. The van der Waals surface area contributed by atoms with Crippen molar-refractivity contribution in [3.05, 3.63) is 27.9 Å². The van der Waals surface area contributed by atoms with Crippen LogP contribution >= 0.6 is 19.7 Å². The number of carbonyl (C=O) groups is 1. The van der Waals surface area contributed by atoms with Gasteiger partial charge in [-0.2, -0.15) is 13.2 Å². The molecule has 1 aliphatic rings. The largest absolute Gasteiger partial charge is 0.421 e. The highest BCUT2D eigenvalue weighted by Crippen LogP contribution is 2.43. The van der Waals surface area contributed by atoms with Crippen molar-refractivity contribution in [2.45, 2.75) is 45.2 Å². The minimum Gasteiger partial charge on any atom is -0.293 e. The monoisotopic (exact) mass is 359 g/mol. The Balaban J connectivity index is 1.85. The number of halogens is 3. The summed E-state index contributed by atoms with van der Waals surface area (Å²) in [6.07, 6.45) is 0.864. The van der Waals surface area contributed by atoms with E-state index in [2.05, 4.69) is 4.75 Å². The number of carbonyl (C=O) groups excluding carboxylic acids is 1. The smallest absolute Gasteiger partial charge is 0.293 e. The molecule has 2 aromatic heterocycles. The Labute approximate surface area is 138 Å². The Morgan fingerprint density at radius 3 is 2.57 bits per heavy atom. The molecule has 0 aliphatic heterocycles. The average molecular weight is 359 g/mol. The first-order valence-corrected chi connectivity index (χ1v) is 9.41. The zero-order chi connectivity index (χ0) is 16.6. The second-order valence-corrected chi connectivity index (χ2v) is 7.96. The minimum atomic E-state index is -4.33. The van der Waals surface area contributed by atoms with Gasteiger partial charge in [0, 0.05) is 5.92 Å². The summed E-state index contributed by atoms with van der Waals surface area (Å²) in [4.78, 5) is 13.8. The zero-order valence-corrected chi connectivity index (χ0v) is 14.5.